The molecule has 4 rings (SSSR count). The standard InChI is InChI=1S/C21H20N2O4/c1-14-12-17(18(24)27-14)23-19(25)21(22-20(23)26,16-10-6-3-7-11-16)13-15-8-4-2-5-9-15/h2-11,14,17H,12-13H2,1H3,(H,22,26)/t14-,17-,21-/m1/s1. The van der Waals surface area contributed by atoms with Gasteiger partial charge in [-0.15, -0.1) is 0 Å². The molecule has 3 amide bonds. The van der Waals surface area contributed by atoms with Crippen molar-refractivity contribution in [2.45, 2.75) is 37.5 Å². The quantitative estimate of drug-likeness (QED) is 0.668. The number of cyclic esters (lactones) is 1. The lowest BCUT2D eigenvalue weighted by Gasteiger charge is -2.28. The molecule has 0 radical (unpaired) electrons. The number of nitrogens with zero attached hydrogens (tertiary/aromatic N) is 1. The number of urea groups is 1. The lowest BCUT2D eigenvalue weighted by Crippen LogP contribution is -2.48. The van der Waals surface area contributed by atoms with Crippen molar-refractivity contribution in [3.05, 3.63) is 71.8 Å². The van der Waals surface area contributed by atoms with Crippen LogP contribution < -0.4 is 5.32 Å². The normalized spacial score (nSPS) is 27.6. The summed E-state index contributed by atoms with van der Waals surface area (Å²) in [7, 11) is 0. The van der Waals surface area contributed by atoms with Gasteiger partial charge in [0.2, 0.25) is 0 Å². The van der Waals surface area contributed by atoms with E-state index >= 15 is 0 Å². The molecule has 2 aliphatic rings. The van der Waals surface area contributed by atoms with Gasteiger partial charge >= 0.3 is 12.0 Å². The molecular weight excluding hydrogens is 344 g/mol. The molecule has 2 aliphatic heterocycles. The molecule has 2 aromatic carbocycles. The van der Waals surface area contributed by atoms with Crippen molar-refractivity contribution in [1.82, 2.24) is 10.2 Å². The van der Waals surface area contributed by atoms with Crippen molar-refractivity contribution in [3.8, 4) is 0 Å². The number of imide groups is 1. The molecule has 3 atom stereocenters. The Labute approximate surface area is 157 Å². The molecule has 2 fully saturated rings. The maximum absolute atomic E-state index is 13.5. The number of benzene rings is 2. The van der Waals surface area contributed by atoms with Crippen LogP contribution in [0, 0.1) is 0 Å². The van der Waals surface area contributed by atoms with E-state index < -0.39 is 29.5 Å². The molecule has 6 nitrogen and oxygen atoms in total. The summed E-state index contributed by atoms with van der Waals surface area (Å²) in [6, 6.07) is 17.2. The second kappa shape index (κ2) is 6.54. The average Bonchev–Trinajstić information content (AvgIpc) is 3.12. The molecule has 138 valence electrons. The summed E-state index contributed by atoms with van der Waals surface area (Å²) >= 11 is 0. The van der Waals surface area contributed by atoms with Crippen LogP contribution in [0.2, 0.25) is 0 Å². The number of ether oxygens (including phenoxy) is 1. The van der Waals surface area contributed by atoms with Gasteiger partial charge in [-0.2, -0.15) is 0 Å². The van der Waals surface area contributed by atoms with Crippen LogP contribution in [0.1, 0.15) is 24.5 Å². The molecule has 0 saturated carbocycles. The van der Waals surface area contributed by atoms with Crippen LogP contribution >= 0.6 is 0 Å². The maximum Gasteiger partial charge on any atom is 0.329 e. The SMILES string of the molecule is C[C@@H]1C[C@@H](N2C(=O)N[C@](Cc3ccccc3)(c3ccccc3)C2=O)C(=O)O1. The predicted molar refractivity (Wildman–Crippen MR) is 97.6 cm³/mol. The first-order valence-electron chi connectivity index (χ1n) is 8.97. The van der Waals surface area contributed by atoms with E-state index in [9.17, 15) is 14.4 Å². The van der Waals surface area contributed by atoms with Crippen molar-refractivity contribution in [2.24, 2.45) is 0 Å². The maximum atomic E-state index is 13.5. The van der Waals surface area contributed by atoms with Gasteiger partial charge in [0.1, 0.15) is 12.1 Å². The van der Waals surface area contributed by atoms with Crippen LogP contribution in [0.15, 0.2) is 60.7 Å². The lowest BCUT2D eigenvalue weighted by atomic mass is 9.83. The highest BCUT2D eigenvalue weighted by Crippen LogP contribution is 2.36. The van der Waals surface area contributed by atoms with Gasteiger partial charge in [-0.05, 0) is 18.1 Å². The van der Waals surface area contributed by atoms with Gasteiger partial charge in [-0.25, -0.2) is 14.5 Å². The van der Waals surface area contributed by atoms with Gasteiger partial charge in [0, 0.05) is 12.8 Å². The number of carbonyl (C=O) groups is 3. The number of hydrogen-bond acceptors (Lipinski definition) is 4. The van der Waals surface area contributed by atoms with Crippen LogP contribution in [0.3, 0.4) is 0 Å². The topological polar surface area (TPSA) is 75.7 Å². The Morgan fingerprint density at radius 3 is 2.26 bits per heavy atom. The summed E-state index contributed by atoms with van der Waals surface area (Å²) in [6.45, 7) is 1.75. The fourth-order valence-electron chi connectivity index (χ4n) is 3.87. The van der Waals surface area contributed by atoms with E-state index in [4.69, 9.17) is 4.74 Å². The van der Waals surface area contributed by atoms with Gasteiger partial charge in [-0.1, -0.05) is 60.7 Å². The second-order valence-corrected chi connectivity index (χ2v) is 7.04. The molecule has 1 N–H and O–H groups in total. The van der Waals surface area contributed by atoms with Gasteiger partial charge in [-0.3, -0.25) is 4.79 Å². The highest BCUT2D eigenvalue weighted by molar-refractivity contribution is 6.10. The van der Waals surface area contributed by atoms with E-state index in [0.717, 1.165) is 10.5 Å². The van der Waals surface area contributed by atoms with Gasteiger partial charge in [0.05, 0.1) is 0 Å². The monoisotopic (exact) mass is 364 g/mol. The van der Waals surface area contributed by atoms with E-state index in [-0.39, 0.29) is 6.10 Å². The summed E-state index contributed by atoms with van der Waals surface area (Å²) in [4.78, 5) is 39.5. The summed E-state index contributed by atoms with van der Waals surface area (Å²) in [5.74, 6) is -0.951. The number of amides is 3. The Morgan fingerprint density at radius 2 is 1.67 bits per heavy atom. The summed E-state index contributed by atoms with van der Waals surface area (Å²) in [5, 5.41) is 2.87. The number of rotatable bonds is 4. The molecule has 0 bridgehead atoms. The molecule has 0 aliphatic carbocycles. The third-order valence-electron chi connectivity index (χ3n) is 5.16. The molecular formula is C21H20N2O4. The van der Waals surface area contributed by atoms with Crippen LogP contribution in [0.25, 0.3) is 0 Å². The smallest absolute Gasteiger partial charge is 0.329 e. The Balaban J connectivity index is 1.76. The van der Waals surface area contributed by atoms with E-state index in [1.54, 1.807) is 6.92 Å². The number of hydrogen-bond donors (Lipinski definition) is 1. The Bertz CT molecular complexity index is 884. The molecule has 0 spiro atoms. The molecule has 2 heterocycles. The van der Waals surface area contributed by atoms with Gasteiger partial charge < -0.3 is 10.1 Å². The summed E-state index contributed by atoms with van der Waals surface area (Å²) in [5.41, 5.74) is 0.361. The molecule has 2 aromatic rings. The zero-order valence-electron chi connectivity index (χ0n) is 14.9. The van der Waals surface area contributed by atoms with Crippen molar-refractivity contribution >= 4 is 17.9 Å². The second-order valence-electron chi connectivity index (χ2n) is 7.04. The zero-order chi connectivity index (χ0) is 19.0. The third kappa shape index (κ3) is 2.87. The van der Waals surface area contributed by atoms with Crippen molar-refractivity contribution < 1.29 is 19.1 Å². The van der Waals surface area contributed by atoms with Crippen molar-refractivity contribution in [1.29, 1.82) is 0 Å². The molecule has 0 unspecified atom stereocenters. The van der Waals surface area contributed by atoms with Gasteiger partial charge in [0.25, 0.3) is 5.91 Å². The fourth-order valence-corrected chi connectivity index (χ4v) is 3.87. The van der Waals surface area contributed by atoms with Crippen LogP contribution in [-0.4, -0.2) is 35.0 Å². The highest BCUT2D eigenvalue weighted by atomic mass is 16.6. The van der Waals surface area contributed by atoms with E-state index in [0.29, 0.717) is 18.4 Å². The van der Waals surface area contributed by atoms with Crippen LogP contribution in [-0.2, 0) is 26.3 Å². The number of nitrogens with one attached hydrogen (secondary N) is 1. The fraction of sp³-hybridized carbons (Fsp3) is 0.286. The summed E-state index contributed by atoms with van der Waals surface area (Å²) in [6.07, 6.45) is 0.300. The summed E-state index contributed by atoms with van der Waals surface area (Å²) < 4.78 is 5.16. The minimum absolute atomic E-state index is 0.302. The Morgan fingerprint density at radius 1 is 1.04 bits per heavy atom. The first kappa shape index (κ1) is 17.3. The van der Waals surface area contributed by atoms with Crippen LogP contribution in [0.4, 0.5) is 4.79 Å². The number of esters is 1. The van der Waals surface area contributed by atoms with Crippen molar-refractivity contribution in [2.75, 3.05) is 0 Å². The van der Waals surface area contributed by atoms with Gasteiger partial charge in [0.15, 0.2) is 5.54 Å². The highest BCUT2D eigenvalue weighted by Gasteiger charge is 2.57. The van der Waals surface area contributed by atoms with E-state index in [1.165, 1.54) is 0 Å². The number of carbonyl (C=O) groups excluding carboxylic acids is 3. The predicted octanol–water partition coefficient (Wildman–Crippen LogP) is 2.38. The van der Waals surface area contributed by atoms with Crippen LogP contribution in [0.5, 0.6) is 0 Å². The third-order valence-corrected chi connectivity index (χ3v) is 5.16. The molecule has 0 aromatic heterocycles. The first-order chi connectivity index (χ1) is 13.0. The average molecular weight is 364 g/mol. The Kier molecular flexibility index (Phi) is 4.18. The lowest BCUT2D eigenvalue weighted by molar-refractivity contribution is -0.147. The van der Waals surface area contributed by atoms with Crippen molar-refractivity contribution in [3.63, 3.8) is 0 Å². The molecule has 6 heteroatoms. The van der Waals surface area contributed by atoms with E-state index in [2.05, 4.69) is 5.32 Å². The Hall–Kier alpha value is -3.15. The zero-order valence-corrected chi connectivity index (χ0v) is 14.9. The molecule has 27 heavy (non-hydrogen) atoms. The van der Waals surface area contributed by atoms with E-state index in [1.807, 2.05) is 60.7 Å². The largest absolute Gasteiger partial charge is 0.461 e. The molecule has 2 saturated heterocycles. The minimum atomic E-state index is -1.24. The first-order valence-corrected chi connectivity index (χ1v) is 8.97. The minimum Gasteiger partial charge on any atom is -0.461 e.